The quantitative estimate of drug-likeness (QED) is 0.665. The minimum Gasteiger partial charge on any atom is -0.427 e. The van der Waals surface area contributed by atoms with Crippen LogP contribution in [0, 0.1) is 13.8 Å². The number of hydrogen-bond acceptors (Lipinski definition) is 5. The van der Waals surface area contributed by atoms with Crippen LogP contribution in [0.4, 0.5) is 23.5 Å². The number of ether oxygens (including phenoxy) is 1. The lowest BCUT2D eigenvalue weighted by Gasteiger charge is -2.41. The van der Waals surface area contributed by atoms with Crippen molar-refractivity contribution in [1.82, 2.24) is 14.9 Å². The van der Waals surface area contributed by atoms with Gasteiger partial charge in [-0.25, -0.2) is 9.97 Å². The highest BCUT2D eigenvalue weighted by atomic mass is 19.3. The third kappa shape index (κ3) is 4.15. The van der Waals surface area contributed by atoms with Crippen molar-refractivity contribution in [2.75, 3.05) is 18.0 Å². The van der Waals surface area contributed by atoms with Gasteiger partial charge in [0.25, 0.3) is 5.91 Å². The van der Waals surface area contributed by atoms with Crippen molar-refractivity contribution in [3.63, 3.8) is 0 Å². The van der Waals surface area contributed by atoms with E-state index in [-0.39, 0.29) is 17.6 Å². The molecular weight excluding hydrogens is 416 g/mol. The van der Waals surface area contributed by atoms with E-state index in [4.69, 9.17) is 0 Å². The summed E-state index contributed by atoms with van der Waals surface area (Å²) in [6.07, 6.45) is -7.01. The fraction of sp³-hybridized carbons (Fsp3) is 0.476. The zero-order valence-corrected chi connectivity index (χ0v) is 17.1. The maximum Gasteiger partial charge on any atom is 0.461 e. The number of hydrogen-bond donors (Lipinski definition) is 0. The molecule has 0 aliphatic carbocycles. The van der Waals surface area contributed by atoms with E-state index in [1.165, 1.54) is 18.2 Å². The number of aryl methyl sites for hydroxylation is 2. The number of nitrogens with zero attached hydrogens (tertiary/aromatic N) is 4. The summed E-state index contributed by atoms with van der Waals surface area (Å²) in [6, 6.07) is 7.09. The number of halogens is 4. The number of carbonyl (C=O) groups excluding carboxylic acids is 1. The smallest absolute Gasteiger partial charge is 0.427 e. The zero-order chi connectivity index (χ0) is 22.3. The van der Waals surface area contributed by atoms with Gasteiger partial charge in [0, 0.05) is 36.6 Å². The predicted octanol–water partition coefficient (Wildman–Crippen LogP) is 3.82. The molecule has 31 heavy (non-hydrogen) atoms. The van der Waals surface area contributed by atoms with Gasteiger partial charge >= 0.3 is 12.5 Å². The first kappa shape index (κ1) is 21.3. The first-order valence-electron chi connectivity index (χ1n) is 9.99. The van der Waals surface area contributed by atoms with E-state index in [2.05, 4.69) is 19.6 Å². The summed E-state index contributed by atoms with van der Waals surface area (Å²) in [5, 5.41) is 0. The van der Waals surface area contributed by atoms with Crippen LogP contribution in [0.25, 0.3) is 0 Å². The number of fused-ring (bicyclic) bond motifs is 2. The summed E-state index contributed by atoms with van der Waals surface area (Å²) in [7, 11) is 0. The number of amides is 1. The molecule has 10 heteroatoms. The topological polar surface area (TPSA) is 58.6 Å². The fourth-order valence-corrected chi connectivity index (χ4v) is 4.31. The molecule has 1 aromatic heterocycles. The monoisotopic (exact) mass is 438 g/mol. The van der Waals surface area contributed by atoms with E-state index in [1.54, 1.807) is 4.90 Å². The van der Waals surface area contributed by atoms with Crippen LogP contribution in [0.1, 0.15) is 34.6 Å². The lowest BCUT2D eigenvalue weighted by Crippen LogP contribution is -2.56. The Bertz CT molecular complexity index is 953. The number of piperazine rings is 1. The maximum atomic E-state index is 13.4. The normalized spacial score (nSPS) is 21.0. The van der Waals surface area contributed by atoms with Gasteiger partial charge in [0.05, 0.1) is 5.56 Å². The van der Waals surface area contributed by atoms with Crippen molar-refractivity contribution in [3.8, 4) is 5.75 Å². The molecule has 4 rings (SSSR count). The number of aromatic nitrogens is 2. The van der Waals surface area contributed by atoms with Gasteiger partial charge in [-0.15, -0.1) is 0 Å². The molecule has 2 aromatic rings. The van der Waals surface area contributed by atoms with E-state index in [0.717, 1.165) is 30.3 Å². The lowest BCUT2D eigenvalue weighted by molar-refractivity contribution is -0.253. The Morgan fingerprint density at radius 1 is 1.10 bits per heavy atom. The van der Waals surface area contributed by atoms with Crippen LogP contribution in [0.3, 0.4) is 0 Å². The van der Waals surface area contributed by atoms with E-state index in [0.29, 0.717) is 19.0 Å². The molecule has 2 unspecified atom stereocenters. The van der Waals surface area contributed by atoms with Gasteiger partial charge in [-0.3, -0.25) is 4.79 Å². The van der Waals surface area contributed by atoms with Crippen LogP contribution in [0.15, 0.2) is 30.3 Å². The number of anilines is 1. The molecule has 2 saturated heterocycles. The highest BCUT2D eigenvalue weighted by Gasteiger charge is 2.46. The average Bonchev–Trinajstić information content (AvgIpc) is 2.96. The highest BCUT2D eigenvalue weighted by Crippen LogP contribution is 2.35. The average molecular weight is 438 g/mol. The fourth-order valence-electron chi connectivity index (χ4n) is 4.31. The molecule has 0 spiro atoms. The van der Waals surface area contributed by atoms with Crippen molar-refractivity contribution in [3.05, 3.63) is 47.3 Å². The molecule has 166 valence electrons. The molecule has 2 bridgehead atoms. The Labute approximate surface area is 176 Å². The van der Waals surface area contributed by atoms with Gasteiger partial charge in [-0.05, 0) is 44.9 Å². The second kappa shape index (κ2) is 7.97. The van der Waals surface area contributed by atoms with Gasteiger partial charge in [0.1, 0.15) is 5.75 Å². The summed E-state index contributed by atoms with van der Waals surface area (Å²) in [5.74, 6) is -0.471. The van der Waals surface area contributed by atoms with Crippen molar-refractivity contribution < 1.29 is 27.1 Å². The molecule has 0 saturated carbocycles. The summed E-state index contributed by atoms with van der Waals surface area (Å²) in [5.41, 5.74) is 1.54. The minimum atomic E-state index is -4.69. The van der Waals surface area contributed by atoms with Crippen molar-refractivity contribution in [2.24, 2.45) is 0 Å². The number of rotatable bonds is 5. The minimum absolute atomic E-state index is 0.0144. The van der Waals surface area contributed by atoms with E-state index in [1.807, 2.05) is 19.9 Å². The summed E-state index contributed by atoms with van der Waals surface area (Å²) in [4.78, 5) is 25.9. The van der Waals surface area contributed by atoms with Crippen LogP contribution in [-0.4, -0.2) is 58.5 Å². The molecular formula is C21H22F4N4O2. The Kier molecular flexibility index (Phi) is 5.49. The number of carbonyl (C=O) groups is 1. The van der Waals surface area contributed by atoms with Gasteiger partial charge in [-0.2, -0.15) is 17.6 Å². The largest absolute Gasteiger partial charge is 0.461 e. The SMILES string of the molecule is Cc1cc(C)nc(N2C3CCC2CN(C(=O)c2ccccc2OC(F)(F)C(F)F)C3)n1. The second-order valence-electron chi connectivity index (χ2n) is 7.91. The molecule has 0 N–H and O–H groups in total. The van der Waals surface area contributed by atoms with Crippen LogP contribution in [0.5, 0.6) is 5.75 Å². The number of alkyl halides is 4. The van der Waals surface area contributed by atoms with Crippen LogP contribution in [0.2, 0.25) is 0 Å². The molecule has 1 amide bonds. The molecule has 6 nitrogen and oxygen atoms in total. The Morgan fingerprint density at radius 2 is 1.68 bits per heavy atom. The van der Waals surface area contributed by atoms with Crippen LogP contribution < -0.4 is 9.64 Å². The molecule has 0 radical (unpaired) electrons. The maximum absolute atomic E-state index is 13.4. The third-order valence-corrected chi connectivity index (χ3v) is 5.59. The summed E-state index contributed by atoms with van der Waals surface area (Å²) < 4.78 is 56.2. The molecule has 2 aliphatic rings. The number of para-hydroxylation sites is 1. The third-order valence-electron chi connectivity index (χ3n) is 5.59. The standard InChI is InChI=1S/C21H22F4N4O2/c1-12-9-13(2)27-20(26-12)29-14-7-8-15(29)11-28(10-14)18(30)16-5-3-4-6-17(16)31-21(24,25)19(22)23/h3-6,9,14-15,19H,7-8,10-11H2,1-2H3. The van der Waals surface area contributed by atoms with E-state index >= 15 is 0 Å². The molecule has 1 aromatic carbocycles. The first-order chi connectivity index (χ1) is 14.7. The number of likely N-dealkylation sites (tertiary alicyclic amines) is 1. The van der Waals surface area contributed by atoms with Crippen LogP contribution in [-0.2, 0) is 0 Å². The zero-order valence-electron chi connectivity index (χ0n) is 17.1. The first-order valence-corrected chi connectivity index (χ1v) is 9.99. The molecule has 2 fully saturated rings. The van der Waals surface area contributed by atoms with Gasteiger partial charge in [0.15, 0.2) is 0 Å². The van der Waals surface area contributed by atoms with Crippen molar-refractivity contribution in [2.45, 2.75) is 51.3 Å². The second-order valence-corrected chi connectivity index (χ2v) is 7.91. The summed E-state index contributed by atoms with van der Waals surface area (Å²) in [6.45, 7) is 4.49. The van der Waals surface area contributed by atoms with Gasteiger partial charge < -0.3 is 14.5 Å². The van der Waals surface area contributed by atoms with Crippen LogP contribution >= 0.6 is 0 Å². The Balaban J connectivity index is 1.55. The van der Waals surface area contributed by atoms with Crippen molar-refractivity contribution in [1.29, 1.82) is 0 Å². The van der Waals surface area contributed by atoms with Gasteiger partial charge in [0.2, 0.25) is 5.95 Å². The number of benzene rings is 1. The molecule has 2 aliphatic heterocycles. The highest BCUT2D eigenvalue weighted by molar-refractivity contribution is 5.97. The lowest BCUT2D eigenvalue weighted by atomic mass is 10.1. The van der Waals surface area contributed by atoms with E-state index in [9.17, 15) is 22.4 Å². The molecule has 3 heterocycles. The predicted molar refractivity (Wildman–Crippen MR) is 105 cm³/mol. The summed E-state index contributed by atoms with van der Waals surface area (Å²) >= 11 is 0. The Hall–Kier alpha value is -2.91. The van der Waals surface area contributed by atoms with E-state index < -0.39 is 24.2 Å². The molecule has 2 atom stereocenters. The Morgan fingerprint density at radius 3 is 2.26 bits per heavy atom. The van der Waals surface area contributed by atoms with Gasteiger partial charge in [-0.1, -0.05) is 12.1 Å². The van der Waals surface area contributed by atoms with Crippen molar-refractivity contribution >= 4 is 11.9 Å².